The summed E-state index contributed by atoms with van der Waals surface area (Å²) in [6.45, 7) is -0.197. The van der Waals surface area contributed by atoms with Gasteiger partial charge in [-0.25, -0.2) is 8.78 Å². The molecule has 0 heterocycles. The van der Waals surface area contributed by atoms with Crippen LogP contribution in [0.25, 0.3) is 11.1 Å². The van der Waals surface area contributed by atoms with E-state index in [0.29, 0.717) is 5.75 Å². The summed E-state index contributed by atoms with van der Waals surface area (Å²) in [5, 5.41) is 19.9. The molecule has 0 bridgehead atoms. The highest BCUT2D eigenvalue weighted by Gasteiger charge is 2.45. The molecular formula is C23H21F2N3OS. The first-order chi connectivity index (χ1) is 14.4. The summed E-state index contributed by atoms with van der Waals surface area (Å²) in [5.74, 6) is -4.27. The lowest BCUT2D eigenvalue weighted by Crippen LogP contribution is -2.41. The normalized spacial score (nSPS) is 20.0. The Morgan fingerprint density at radius 2 is 1.87 bits per heavy atom. The van der Waals surface area contributed by atoms with Crippen molar-refractivity contribution in [3.63, 3.8) is 0 Å². The van der Waals surface area contributed by atoms with Crippen LogP contribution in [0.1, 0.15) is 30.7 Å². The molecule has 0 aromatic heterocycles. The number of carbonyl (C=O) groups excluding carboxylic acids is 1. The molecule has 3 rings (SSSR count). The average molecular weight is 426 g/mol. The van der Waals surface area contributed by atoms with Gasteiger partial charge in [0.2, 0.25) is 11.8 Å². The number of hydrogen-bond donors (Lipinski definition) is 1. The zero-order valence-electron chi connectivity index (χ0n) is 16.3. The molecule has 0 saturated heterocycles. The second kappa shape index (κ2) is 9.73. The summed E-state index contributed by atoms with van der Waals surface area (Å²) < 4.78 is 28.3. The Morgan fingerprint density at radius 3 is 2.57 bits per heavy atom. The van der Waals surface area contributed by atoms with E-state index in [-0.39, 0.29) is 25.3 Å². The summed E-state index contributed by atoms with van der Waals surface area (Å²) >= 11 is 1.44. The number of nitrogens with one attached hydrogen (secondary N) is 1. The van der Waals surface area contributed by atoms with E-state index in [1.54, 1.807) is 0 Å². The molecule has 1 aliphatic rings. The van der Waals surface area contributed by atoms with Crippen LogP contribution in [0.15, 0.2) is 53.4 Å². The monoisotopic (exact) mass is 425 g/mol. The van der Waals surface area contributed by atoms with Gasteiger partial charge in [0.25, 0.3) is 0 Å². The van der Waals surface area contributed by atoms with Crippen LogP contribution in [0.2, 0.25) is 0 Å². The van der Waals surface area contributed by atoms with Gasteiger partial charge >= 0.3 is 0 Å². The minimum absolute atomic E-state index is 0.197. The number of carbonyl (C=O) groups is 1. The summed E-state index contributed by atoms with van der Waals surface area (Å²) in [5.41, 5.74) is 2.70. The lowest BCUT2D eigenvalue weighted by Gasteiger charge is -2.36. The molecule has 0 spiro atoms. The first-order valence-corrected chi connectivity index (χ1v) is 10.7. The van der Waals surface area contributed by atoms with Gasteiger partial charge in [-0.1, -0.05) is 36.4 Å². The highest BCUT2D eigenvalue weighted by molar-refractivity contribution is 7.99. The third-order valence-electron chi connectivity index (χ3n) is 5.33. The van der Waals surface area contributed by atoms with Crippen LogP contribution in [-0.4, -0.2) is 24.1 Å². The van der Waals surface area contributed by atoms with Gasteiger partial charge < -0.3 is 5.32 Å². The number of thioether (sulfide) groups is 1. The summed E-state index contributed by atoms with van der Waals surface area (Å²) in [7, 11) is 0. The van der Waals surface area contributed by atoms with Crippen molar-refractivity contribution in [2.24, 2.45) is 5.92 Å². The van der Waals surface area contributed by atoms with Crippen molar-refractivity contribution in [2.45, 2.75) is 36.0 Å². The molecule has 0 unspecified atom stereocenters. The standard InChI is InChI=1S/C23H21F2N3OS/c24-23(25)10-9-20(21(15-23)22(29)28-13-11-26)19-4-2-1-3-18(19)16-5-7-17(8-6-16)30-14-12-27/h1-8,20-21H,9-10,13-15H2,(H,28,29)/t20-,21+/m0/s1. The highest BCUT2D eigenvalue weighted by Crippen LogP contribution is 2.47. The van der Waals surface area contributed by atoms with E-state index >= 15 is 0 Å². The Labute approximate surface area is 178 Å². The Kier molecular flexibility index (Phi) is 7.07. The quantitative estimate of drug-likeness (QED) is 0.514. The van der Waals surface area contributed by atoms with E-state index < -0.39 is 24.2 Å². The molecule has 1 N–H and O–H groups in total. The van der Waals surface area contributed by atoms with Gasteiger partial charge in [0.05, 0.1) is 23.8 Å². The van der Waals surface area contributed by atoms with Crippen LogP contribution in [-0.2, 0) is 4.79 Å². The zero-order chi connectivity index (χ0) is 21.6. The number of hydrogen-bond acceptors (Lipinski definition) is 4. The lowest BCUT2D eigenvalue weighted by atomic mass is 9.72. The maximum Gasteiger partial charge on any atom is 0.249 e. The van der Waals surface area contributed by atoms with E-state index in [1.807, 2.05) is 54.6 Å². The fourth-order valence-electron chi connectivity index (χ4n) is 3.97. The van der Waals surface area contributed by atoms with Gasteiger partial charge in [-0.2, -0.15) is 10.5 Å². The molecule has 4 nitrogen and oxygen atoms in total. The first kappa shape index (κ1) is 21.8. The molecule has 1 amide bonds. The molecule has 7 heteroatoms. The predicted molar refractivity (Wildman–Crippen MR) is 112 cm³/mol. The number of amides is 1. The van der Waals surface area contributed by atoms with Crippen molar-refractivity contribution in [2.75, 3.05) is 12.3 Å². The number of nitriles is 2. The Bertz CT molecular complexity index is 979. The van der Waals surface area contributed by atoms with Crippen LogP contribution in [0, 0.1) is 28.6 Å². The highest BCUT2D eigenvalue weighted by atomic mass is 32.2. The van der Waals surface area contributed by atoms with E-state index in [4.69, 9.17) is 10.5 Å². The van der Waals surface area contributed by atoms with E-state index in [2.05, 4.69) is 11.4 Å². The maximum absolute atomic E-state index is 14.1. The molecule has 2 aromatic carbocycles. The van der Waals surface area contributed by atoms with E-state index in [9.17, 15) is 13.6 Å². The zero-order valence-corrected chi connectivity index (χ0v) is 17.1. The third-order valence-corrected chi connectivity index (χ3v) is 6.21. The first-order valence-electron chi connectivity index (χ1n) is 9.67. The average Bonchev–Trinajstić information content (AvgIpc) is 2.76. The second-order valence-corrected chi connectivity index (χ2v) is 8.29. The Balaban J connectivity index is 1.93. The van der Waals surface area contributed by atoms with Gasteiger partial charge in [0.15, 0.2) is 0 Å². The van der Waals surface area contributed by atoms with Crippen LogP contribution in [0.5, 0.6) is 0 Å². The topological polar surface area (TPSA) is 76.7 Å². The SMILES string of the molecule is N#CCNC(=O)[C@@H]1CC(F)(F)CC[C@H]1c1ccccc1-c1ccc(SCC#N)cc1. The van der Waals surface area contributed by atoms with Crippen molar-refractivity contribution in [1.29, 1.82) is 10.5 Å². The van der Waals surface area contributed by atoms with Crippen LogP contribution in [0.3, 0.4) is 0 Å². The van der Waals surface area contributed by atoms with E-state index in [1.165, 1.54) is 11.8 Å². The molecule has 0 aliphatic heterocycles. The number of nitrogens with zero attached hydrogens (tertiary/aromatic N) is 2. The molecule has 154 valence electrons. The number of benzene rings is 2. The van der Waals surface area contributed by atoms with Crippen molar-refractivity contribution < 1.29 is 13.6 Å². The fourth-order valence-corrected chi connectivity index (χ4v) is 4.53. The largest absolute Gasteiger partial charge is 0.343 e. The smallest absolute Gasteiger partial charge is 0.249 e. The predicted octanol–water partition coefficient (Wildman–Crippen LogP) is 5.13. The molecule has 1 fully saturated rings. The van der Waals surface area contributed by atoms with Gasteiger partial charge in [0, 0.05) is 17.7 Å². The third kappa shape index (κ3) is 5.17. The van der Waals surface area contributed by atoms with Crippen molar-refractivity contribution in [3.8, 4) is 23.3 Å². The summed E-state index contributed by atoms with van der Waals surface area (Å²) in [4.78, 5) is 13.6. The Morgan fingerprint density at radius 1 is 1.13 bits per heavy atom. The molecule has 2 aromatic rings. The molecule has 1 aliphatic carbocycles. The Hall–Kier alpha value is -2.90. The van der Waals surface area contributed by atoms with Crippen molar-refractivity contribution >= 4 is 17.7 Å². The number of alkyl halides is 2. The molecule has 0 radical (unpaired) electrons. The molecule has 30 heavy (non-hydrogen) atoms. The maximum atomic E-state index is 14.1. The van der Waals surface area contributed by atoms with Crippen molar-refractivity contribution in [3.05, 3.63) is 54.1 Å². The van der Waals surface area contributed by atoms with Crippen LogP contribution < -0.4 is 5.32 Å². The van der Waals surface area contributed by atoms with E-state index in [0.717, 1.165) is 21.6 Å². The summed E-state index contributed by atoms with van der Waals surface area (Å²) in [6, 6.07) is 19.2. The van der Waals surface area contributed by atoms with Gasteiger partial charge in [0.1, 0.15) is 6.54 Å². The van der Waals surface area contributed by atoms with Gasteiger partial charge in [-0.3, -0.25) is 4.79 Å². The number of halogens is 2. The van der Waals surface area contributed by atoms with Gasteiger partial charge in [-0.15, -0.1) is 11.8 Å². The lowest BCUT2D eigenvalue weighted by molar-refractivity contribution is -0.133. The fraction of sp³-hybridized carbons (Fsp3) is 0.348. The molecule has 2 atom stereocenters. The summed E-state index contributed by atoms with van der Waals surface area (Å²) in [6.07, 6.45) is -0.588. The van der Waals surface area contributed by atoms with Gasteiger partial charge in [-0.05, 0) is 41.2 Å². The second-order valence-electron chi connectivity index (χ2n) is 7.25. The molecular weight excluding hydrogens is 404 g/mol. The minimum atomic E-state index is -2.89. The van der Waals surface area contributed by atoms with Crippen LogP contribution in [0.4, 0.5) is 8.78 Å². The van der Waals surface area contributed by atoms with Crippen LogP contribution >= 0.6 is 11.8 Å². The molecule has 1 saturated carbocycles. The number of rotatable bonds is 6. The minimum Gasteiger partial charge on any atom is -0.343 e. The van der Waals surface area contributed by atoms with Crippen molar-refractivity contribution in [1.82, 2.24) is 5.32 Å².